The maximum atomic E-state index is 14.9. The largest absolute Gasteiger partial charge is 0.575 e. The molecule has 4 aromatic carbocycles. The van der Waals surface area contributed by atoms with Crippen LogP contribution < -0.4 is 9.47 Å². The Hall–Kier alpha value is -6.48. The third-order valence-electron chi connectivity index (χ3n) is 6.64. The van der Waals surface area contributed by atoms with Crippen LogP contribution in [-0.4, -0.2) is 46.8 Å². The van der Waals surface area contributed by atoms with Gasteiger partial charge in [0.1, 0.15) is 28.2 Å². The number of hydrogen-bond donors (Lipinski definition) is 2. The summed E-state index contributed by atoms with van der Waals surface area (Å²) in [5, 5.41) is 19.4. The molecule has 0 amide bonds. The van der Waals surface area contributed by atoms with Crippen molar-refractivity contribution in [2.45, 2.75) is 25.1 Å². The van der Waals surface area contributed by atoms with E-state index in [1.54, 1.807) is 0 Å². The quantitative estimate of drug-likeness (QED) is 0.124. The van der Waals surface area contributed by atoms with E-state index >= 15 is 0 Å². The summed E-state index contributed by atoms with van der Waals surface area (Å²) >= 11 is 0. The third kappa shape index (κ3) is 9.49. The van der Waals surface area contributed by atoms with Crippen molar-refractivity contribution >= 4 is 23.9 Å². The minimum atomic E-state index is -6.11. The second-order valence-corrected chi connectivity index (χ2v) is 10.3. The second kappa shape index (κ2) is 14.5. The van der Waals surface area contributed by atoms with Crippen LogP contribution in [-0.2, 0) is 21.8 Å². The van der Waals surface area contributed by atoms with Crippen LogP contribution in [0.3, 0.4) is 0 Å². The number of carbonyl (C=O) groups excluding carboxylic acids is 2. The van der Waals surface area contributed by atoms with E-state index < -0.39 is 116 Å². The van der Waals surface area contributed by atoms with Crippen molar-refractivity contribution in [2.75, 3.05) is 0 Å². The first-order valence-electron chi connectivity index (χ1n) is 13.9. The second-order valence-electron chi connectivity index (χ2n) is 10.3. The zero-order valence-electron chi connectivity index (χ0n) is 25.6. The number of carbonyl (C=O) groups is 4. The number of aromatic carboxylic acids is 2. The summed E-state index contributed by atoms with van der Waals surface area (Å²) in [6, 6.07) is 7.37. The molecular weight excluding hydrogens is 772 g/mol. The molecule has 0 radical (unpaired) electrons. The molecule has 0 saturated heterocycles. The van der Waals surface area contributed by atoms with E-state index in [0.717, 1.165) is 24.3 Å². The van der Waals surface area contributed by atoms with Gasteiger partial charge < -0.3 is 29.2 Å². The number of carboxylic acid groups (broad SMARTS) is 2. The fourth-order valence-corrected chi connectivity index (χ4v) is 4.61. The molecular formula is C32H14F12O10. The Morgan fingerprint density at radius 1 is 0.500 bits per heavy atom. The minimum absolute atomic E-state index is 0.115. The number of alkyl halides is 12. The fraction of sp³-hybridized carbons (Fsp3) is 0.125. The lowest BCUT2D eigenvalue weighted by Crippen LogP contribution is -2.20. The Kier molecular flexibility index (Phi) is 10.8. The molecule has 22 heteroatoms. The molecule has 0 atom stereocenters. The third-order valence-corrected chi connectivity index (χ3v) is 6.64. The molecule has 0 aliphatic carbocycles. The minimum Gasteiger partial charge on any atom is -0.478 e. The van der Waals surface area contributed by atoms with Gasteiger partial charge in [-0.05, 0) is 53.6 Å². The Labute approximate surface area is 290 Å². The van der Waals surface area contributed by atoms with Gasteiger partial charge in [-0.2, -0.15) is 26.3 Å². The van der Waals surface area contributed by atoms with Crippen molar-refractivity contribution < 1.29 is 101 Å². The van der Waals surface area contributed by atoms with Crippen molar-refractivity contribution in [3.63, 3.8) is 0 Å². The monoisotopic (exact) mass is 786 g/mol. The van der Waals surface area contributed by atoms with Crippen LogP contribution in [0.5, 0.6) is 23.0 Å². The summed E-state index contributed by atoms with van der Waals surface area (Å²) in [7, 11) is 0. The molecule has 0 spiro atoms. The van der Waals surface area contributed by atoms with Gasteiger partial charge in [0, 0.05) is 0 Å². The highest BCUT2D eigenvalue weighted by Crippen LogP contribution is 2.54. The van der Waals surface area contributed by atoms with Gasteiger partial charge in [0.15, 0.2) is 11.5 Å². The first-order chi connectivity index (χ1) is 24.8. The first-order valence-corrected chi connectivity index (χ1v) is 13.9. The van der Waals surface area contributed by atoms with E-state index in [0.29, 0.717) is 18.2 Å². The van der Waals surface area contributed by atoms with Crippen LogP contribution in [0, 0.1) is 0 Å². The van der Waals surface area contributed by atoms with Crippen LogP contribution in [0.25, 0.3) is 11.1 Å². The lowest BCUT2D eigenvalue weighted by atomic mass is 9.93. The topological polar surface area (TPSA) is 146 Å². The number of rotatable bonds is 9. The summed E-state index contributed by atoms with van der Waals surface area (Å²) in [6.45, 7) is 0. The number of halogens is 12. The van der Waals surface area contributed by atoms with Crippen LogP contribution in [0.2, 0.25) is 0 Å². The smallest absolute Gasteiger partial charge is 0.478 e. The summed E-state index contributed by atoms with van der Waals surface area (Å²) in [4.78, 5) is 47.9. The molecule has 10 nitrogen and oxygen atoms in total. The molecule has 0 aromatic heterocycles. The summed E-state index contributed by atoms with van der Waals surface area (Å²) < 4.78 is 181. The van der Waals surface area contributed by atoms with E-state index in [4.69, 9.17) is 9.47 Å². The lowest BCUT2D eigenvalue weighted by Gasteiger charge is -2.25. The highest BCUT2D eigenvalue weighted by molar-refractivity contribution is 5.98. The molecule has 0 heterocycles. The van der Waals surface area contributed by atoms with Gasteiger partial charge in [-0.1, -0.05) is 30.3 Å². The predicted octanol–water partition coefficient (Wildman–Crippen LogP) is 9.73. The van der Waals surface area contributed by atoms with Crippen LogP contribution in [0.15, 0.2) is 72.8 Å². The molecule has 0 aliphatic rings. The van der Waals surface area contributed by atoms with Crippen molar-refractivity contribution in [2.24, 2.45) is 0 Å². The van der Waals surface area contributed by atoms with Gasteiger partial charge in [-0.15, -0.1) is 26.3 Å². The zero-order valence-corrected chi connectivity index (χ0v) is 25.6. The molecule has 286 valence electrons. The van der Waals surface area contributed by atoms with E-state index in [1.807, 2.05) is 0 Å². The molecule has 0 bridgehead atoms. The highest BCUT2D eigenvalue weighted by atomic mass is 19.4. The summed E-state index contributed by atoms with van der Waals surface area (Å²) in [5.74, 6) is -14.7. The molecule has 4 aromatic rings. The number of esters is 2. The van der Waals surface area contributed by atoms with Gasteiger partial charge in [-0.3, -0.25) is 0 Å². The maximum absolute atomic E-state index is 14.9. The number of hydrogen-bond acceptors (Lipinski definition) is 8. The molecule has 0 saturated carbocycles. The average molecular weight is 786 g/mol. The van der Waals surface area contributed by atoms with E-state index in [9.17, 15) is 82.1 Å². The Balaban J connectivity index is 2.07. The maximum Gasteiger partial charge on any atom is 0.575 e. The highest BCUT2D eigenvalue weighted by Gasteiger charge is 2.49. The summed E-state index contributed by atoms with van der Waals surface area (Å²) in [5.41, 5.74) is -12.0. The lowest BCUT2D eigenvalue weighted by molar-refractivity contribution is -0.293. The van der Waals surface area contributed by atoms with Gasteiger partial charge in [0.2, 0.25) is 0 Å². The standard InChI is InChI=1S/C32H14F12O10/c33-29(34,35)22-16(13-4-2-1-3-5-13)12-21(51-19-8-6-14(10-17(19)25(45)46)27(49)53-31(39,40)41)24(23(22)30(36,37)38)52-20-9-7-15(11-18(20)26(47)48)28(50)54-32(42,43)44/h1-12H,(H,45,46)(H,47,48). The van der Waals surface area contributed by atoms with Crippen molar-refractivity contribution in [1.29, 1.82) is 0 Å². The number of ether oxygens (including phenoxy) is 4. The molecule has 0 fully saturated rings. The molecule has 54 heavy (non-hydrogen) atoms. The van der Waals surface area contributed by atoms with Crippen molar-refractivity contribution in [1.82, 2.24) is 0 Å². The first kappa shape index (κ1) is 40.3. The average Bonchev–Trinajstić information content (AvgIpc) is 3.03. The molecule has 0 aliphatic heterocycles. The SMILES string of the molecule is O=C(OC(F)(F)F)c1ccc(Oc2cc(-c3ccccc3)c(C(F)(F)F)c(C(F)(F)F)c2Oc2ccc(C(=O)OC(F)(F)F)cc2C(=O)O)c(C(=O)O)c1. The van der Waals surface area contributed by atoms with Crippen molar-refractivity contribution in [3.8, 4) is 34.1 Å². The number of benzene rings is 4. The van der Waals surface area contributed by atoms with E-state index in [2.05, 4.69) is 9.47 Å². The van der Waals surface area contributed by atoms with Gasteiger partial charge >= 0.3 is 49.0 Å². The van der Waals surface area contributed by atoms with Crippen LogP contribution in [0.4, 0.5) is 52.7 Å². The van der Waals surface area contributed by atoms with Gasteiger partial charge in [-0.25, -0.2) is 19.2 Å². The predicted molar refractivity (Wildman–Crippen MR) is 152 cm³/mol. The normalized spacial score (nSPS) is 12.1. The zero-order chi connectivity index (χ0) is 40.6. The van der Waals surface area contributed by atoms with Gasteiger partial charge in [0.05, 0.1) is 16.7 Å². The van der Waals surface area contributed by atoms with Crippen LogP contribution in [0.1, 0.15) is 52.6 Å². The van der Waals surface area contributed by atoms with Crippen molar-refractivity contribution in [3.05, 3.63) is 106 Å². The number of carboxylic acids is 2. The Morgan fingerprint density at radius 3 is 1.31 bits per heavy atom. The van der Waals surface area contributed by atoms with E-state index in [-0.39, 0.29) is 24.3 Å². The van der Waals surface area contributed by atoms with E-state index in [1.165, 1.54) is 6.07 Å². The van der Waals surface area contributed by atoms with Gasteiger partial charge in [0.25, 0.3) is 0 Å². The molecule has 2 N–H and O–H groups in total. The van der Waals surface area contributed by atoms with Crippen LogP contribution >= 0.6 is 0 Å². The Morgan fingerprint density at radius 2 is 0.926 bits per heavy atom. The Bertz CT molecular complexity index is 2120. The fourth-order valence-electron chi connectivity index (χ4n) is 4.61. The summed E-state index contributed by atoms with van der Waals surface area (Å²) in [6.07, 6.45) is -23.2. The molecule has 0 unspecified atom stereocenters. The molecule has 4 rings (SSSR count).